The van der Waals surface area contributed by atoms with Gasteiger partial charge in [0.05, 0.1) is 52.7 Å². The number of amides is 1. The normalized spacial score (nSPS) is 19.7. The summed E-state index contributed by atoms with van der Waals surface area (Å²) in [6.07, 6.45) is 3.00. The lowest BCUT2D eigenvalue weighted by molar-refractivity contribution is -0.136. The van der Waals surface area contributed by atoms with Gasteiger partial charge in [0.1, 0.15) is 0 Å². The number of carbonyl (C=O) groups is 2. The molecule has 1 amide bonds. The van der Waals surface area contributed by atoms with E-state index in [1.807, 2.05) is 0 Å². The molecule has 39 heavy (non-hydrogen) atoms. The Balaban J connectivity index is 1.12. The van der Waals surface area contributed by atoms with Gasteiger partial charge in [-0.3, -0.25) is 4.79 Å². The molecule has 1 aromatic carbocycles. The first-order valence-electron chi connectivity index (χ1n) is 12.6. The van der Waals surface area contributed by atoms with Crippen molar-refractivity contribution in [1.29, 1.82) is 0 Å². The molecule has 3 rings (SSSR count). The predicted molar refractivity (Wildman–Crippen MR) is 125 cm³/mol. The average Bonchev–Trinajstić information content (AvgIpc) is 3.56. The molecular formula is C26H30F5NO7. The van der Waals surface area contributed by atoms with E-state index >= 15 is 0 Å². The number of hydrogen-bond donors (Lipinski definition) is 1. The van der Waals surface area contributed by atoms with Gasteiger partial charge in [-0.1, -0.05) is 0 Å². The SMILES string of the molecule is O=C(CCOCCOCCOCCNC(=O)OCC1[C@H]2CCC#CCC[C@@H]12)Oc1c(F)c(F)c(F)c(F)c1F. The Labute approximate surface area is 222 Å². The minimum Gasteiger partial charge on any atom is -0.449 e. The van der Waals surface area contributed by atoms with Crippen molar-refractivity contribution in [2.75, 3.05) is 52.8 Å². The number of benzene rings is 1. The number of carbonyl (C=O) groups excluding carboxylic acids is 2. The molecular weight excluding hydrogens is 533 g/mol. The van der Waals surface area contributed by atoms with Crippen molar-refractivity contribution < 1.29 is 55.2 Å². The molecule has 3 atom stereocenters. The molecule has 1 N–H and O–H groups in total. The molecule has 2 aliphatic carbocycles. The quantitative estimate of drug-likeness (QED) is 0.0659. The number of nitrogens with one attached hydrogen (secondary N) is 1. The number of rotatable bonds is 15. The molecule has 0 saturated heterocycles. The van der Waals surface area contributed by atoms with E-state index in [0.717, 1.165) is 25.7 Å². The summed E-state index contributed by atoms with van der Waals surface area (Å²) in [5, 5.41) is 2.63. The van der Waals surface area contributed by atoms with Crippen LogP contribution in [0, 0.1) is 58.7 Å². The summed E-state index contributed by atoms with van der Waals surface area (Å²) in [5.41, 5.74) is 0. The molecule has 0 heterocycles. The van der Waals surface area contributed by atoms with Crippen molar-refractivity contribution in [2.24, 2.45) is 17.8 Å². The average molecular weight is 564 g/mol. The smallest absolute Gasteiger partial charge is 0.407 e. The zero-order valence-electron chi connectivity index (χ0n) is 21.2. The molecule has 0 bridgehead atoms. The second kappa shape index (κ2) is 15.6. The first-order chi connectivity index (χ1) is 18.8. The summed E-state index contributed by atoms with van der Waals surface area (Å²) < 4.78 is 91.5. The number of fused-ring (bicyclic) bond motifs is 1. The van der Waals surface area contributed by atoms with Gasteiger partial charge in [0, 0.05) is 19.4 Å². The van der Waals surface area contributed by atoms with E-state index < -0.39 is 53.3 Å². The number of ether oxygens (including phenoxy) is 5. The minimum absolute atomic E-state index is 0.0684. The summed E-state index contributed by atoms with van der Waals surface area (Å²) in [7, 11) is 0. The molecule has 0 radical (unpaired) electrons. The highest BCUT2D eigenvalue weighted by Crippen LogP contribution is 2.52. The lowest BCUT2D eigenvalue weighted by Gasteiger charge is -2.09. The molecule has 13 heteroatoms. The Morgan fingerprint density at radius 2 is 1.26 bits per heavy atom. The topological polar surface area (TPSA) is 92.3 Å². The summed E-state index contributed by atoms with van der Waals surface area (Å²) in [6, 6.07) is 0. The van der Waals surface area contributed by atoms with Crippen LogP contribution >= 0.6 is 0 Å². The van der Waals surface area contributed by atoms with Crippen molar-refractivity contribution in [2.45, 2.75) is 32.1 Å². The Morgan fingerprint density at radius 1 is 0.744 bits per heavy atom. The number of alkyl carbamates (subject to hydrolysis) is 1. The van der Waals surface area contributed by atoms with Crippen LogP contribution in [0.25, 0.3) is 0 Å². The summed E-state index contributed by atoms with van der Waals surface area (Å²) >= 11 is 0. The first-order valence-corrected chi connectivity index (χ1v) is 12.6. The van der Waals surface area contributed by atoms with Crippen molar-refractivity contribution >= 4 is 12.1 Å². The van der Waals surface area contributed by atoms with Gasteiger partial charge in [0.25, 0.3) is 0 Å². The third-order valence-corrected chi connectivity index (χ3v) is 6.34. The fourth-order valence-corrected chi connectivity index (χ4v) is 4.27. The van der Waals surface area contributed by atoms with Gasteiger partial charge in [0.2, 0.25) is 34.8 Å². The van der Waals surface area contributed by atoms with Gasteiger partial charge in [-0.15, -0.1) is 11.8 Å². The maximum atomic E-state index is 13.5. The minimum atomic E-state index is -2.35. The van der Waals surface area contributed by atoms with Crippen LogP contribution < -0.4 is 10.1 Å². The predicted octanol–water partition coefficient (Wildman–Crippen LogP) is 3.89. The van der Waals surface area contributed by atoms with Crippen LogP contribution in [0.2, 0.25) is 0 Å². The lowest BCUT2D eigenvalue weighted by Crippen LogP contribution is -2.29. The van der Waals surface area contributed by atoms with E-state index in [2.05, 4.69) is 21.9 Å². The van der Waals surface area contributed by atoms with E-state index in [1.165, 1.54) is 0 Å². The van der Waals surface area contributed by atoms with Gasteiger partial charge in [0.15, 0.2) is 0 Å². The van der Waals surface area contributed by atoms with Gasteiger partial charge in [-0.2, -0.15) is 8.78 Å². The summed E-state index contributed by atoms with van der Waals surface area (Å²) in [6.45, 7) is 1.47. The fourth-order valence-electron chi connectivity index (χ4n) is 4.27. The van der Waals surface area contributed by atoms with Crippen LogP contribution in [-0.2, 0) is 23.7 Å². The number of halogens is 5. The molecule has 1 unspecified atom stereocenters. The van der Waals surface area contributed by atoms with Crippen LogP contribution in [0.15, 0.2) is 0 Å². The molecule has 1 aromatic rings. The van der Waals surface area contributed by atoms with Crippen LogP contribution in [-0.4, -0.2) is 64.9 Å². The Kier molecular flexibility index (Phi) is 12.2. The maximum Gasteiger partial charge on any atom is 0.407 e. The van der Waals surface area contributed by atoms with E-state index in [1.54, 1.807) is 0 Å². The largest absolute Gasteiger partial charge is 0.449 e. The second-order valence-corrected chi connectivity index (χ2v) is 8.91. The maximum absolute atomic E-state index is 13.5. The van der Waals surface area contributed by atoms with E-state index in [0.29, 0.717) is 24.4 Å². The molecule has 0 spiro atoms. The number of esters is 1. The second-order valence-electron chi connectivity index (χ2n) is 8.91. The summed E-state index contributed by atoms with van der Waals surface area (Å²) in [5.74, 6) is -6.19. The van der Waals surface area contributed by atoms with Crippen LogP contribution in [0.4, 0.5) is 26.7 Å². The highest BCUT2D eigenvalue weighted by Gasteiger charge is 2.49. The third-order valence-electron chi connectivity index (χ3n) is 6.34. The third kappa shape index (κ3) is 9.33. The van der Waals surface area contributed by atoms with E-state index in [9.17, 15) is 31.5 Å². The first kappa shape index (κ1) is 30.6. The molecule has 8 nitrogen and oxygen atoms in total. The highest BCUT2D eigenvalue weighted by molar-refractivity contribution is 5.72. The van der Waals surface area contributed by atoms with Crippen LogP contribution in [0.1, 0.15) is 32.1 Å². The molecule has 0 aliphatic heterocycles. The van der Waals surface area contributed by atoms with Crippen molar-refractivity contribution in [3.05, 3.63) is 29.1 Å². The van der Waals surface area contributed by atoms with Crippen molar-refractivity contribution in [3.63, 3.8) is 0 Å². The highest BCUT2D eigenvalue weighted by atomic mass is 19.2. The van der Waals surface area contributed by atoms with E-state index in [-0.39, 0.29) is 46.2 Å². The van der Waals surface area contributed by atoms with Gasteiger partial charge in [-0.05, 0) is 30.6 Å². The van der Waals surface area contributed by atoms with Crippen molar-refractivity contribution in [1.82, 2.24) is 5.32 Å². The van der Waals surface area contributed by atoms with Crippen LogP contribution in [0.3, 0.4) is 0 Å². The Bertz CT molecular complexity index is 1010. The van der Waals surface area contributed by atoms with Gasteiger partial charge < -0.3 is 29.0 Å². The molecule has 1 saturated carbocycles. The lowest BCUT2D eigenvalue weighted by atomic mass is 10.1. The van der Waals surface area contributed by atoms with Gasteiger partial charge >= 0.3 is 12.1 Å². The monoisotopic (exact) mass is 563 g/mol. The van der Waals surface area contributed by atoms with Gasteiger partial charge in [-0.25, -0.2) is 18.0 Å². The molecule has 0 aromatic heterocycles. The Hall–Kier alpha value is -2.95. The molecule has 1 fully saturated rings. The fraction of sp³-hybridized carbons (Fsp3) is 0.615. The zero-order valence-corrected chi connectivity index (χ0v) is 21.2. The standard InChI is InChI=1S/C26H30F5NO7/c27-20-21(28)23(30)25(24(31)22(20)29)39-19(33)7-9-35-11-13-37-14-12-36-10-8-32-26(34)38-15-18-16-5-3-1-2-4-6-17(16)18/h16-18H,3-15H2,(H,32,34)/t16-,17+,18?. The van der Waals surface area contributed by atoms with Crippen LogP contribution in [0.5, 0.6) is 5.75 Å². The summed E-state index contributed by atoms with van der Waals surface area (Å²) in [4.78, 5) is 23.4. The molecule has 2 aliphatic rings. The Morgan fingerprint density at radius 3 is 1.85 bits per heavy atom. The van der Waals surface area contributed by atoms with Crippen molar-refractivity contribution in [3.8, 4) is 17.6 Å². The zero-order chi connectivity index (χ0) is 28.2. The van der Waals surface area contributed by atoms with E-state index in [4.69, 9.17) is 18.9 Å². The number of hydrogen-bond acceptors (Lipinski definition) is 7. The molecule has 216 valence electrons.